The molecule has 2 atom stereocenters. The lowest BCUT2D eigenvalue weighted by molar-refractivity contribution is -0.139. The number of carbonyl (C=O) groups is 1. The Labute approximate surface area is 125 Å². The number of piperidine rings is 1. The Bertz CT molecular complexity index is 467. The number of amides is 1. The van der Waals surface area contributed by atoms with Gasteiger partial charge in [0, 0.05) is 19.1 Å². The molecule has 1 saturated heterocycles. The van der Waals surface area contributed by atoms with Gasteiger partial charge in [0.05, 0.1) is 5.02 Å². The molecule has 20 heavy (non-hydrogen) atoms. The lowest BCUT2D eigenvalue weighted by atomic mass is 10.1. The van der Waals surface area contributed by atoms with Gasteiger partial charge in [-0.3, -0.25) is 4.79 Å². The zero-order valence-corrected chi connectivity index (χ0v) is 12.7. The summed E-state index contributed by atoms with van der Waals surface area (Å²) in [4.78, 5) is 14.3. The first kappa shape index (κ1) is 15.1. The van der Waals surface area contributed by atoms with Crippen LogP contribution in [0.5, 0.6) is 5.75 Å². The first-order valence-corrected chi connectivity index (χ1v) is 7.37. The zero-order chi connectivity index (χ0) is 14.5. The summed E-state index contributed by atoms with van der Waals surface area (Å²) in [7, 11) is 1.93. The molecule has 0 saturated carbocycles. The maximum absolute atomic E-state index is 12.4. The second-order valence-electron chi connectivity index (χ2n) is 5.10. The van der Waals surface area contributed by atoms with Crippen molar-refractivity contribution in [3.8, 4) is 5.75 Å². The number of carbonyl (C=O) groups excluding carboxylic acids is 1. The van der Waals surface area contributed by atoms with Gasteiger partial charge in [0.2, 0.25) is 0 Å². The molecule has 5 heteroatoms. The highest BCUT2D eigenvalue weighted by molar-refractivity contribution is 6.32. The molecule has 0 spiro atoms. The Kier molecular flexibility index (Phi) is 5.26. The molecule has 2 rings (SSSR count). The van der Waals surface area contributed by atoms with Gasteiger partial charge in [-0.2, -0.15) is 0 Å². The number of nitrogens with one attached hydrogen (secondary N) is 1. The van der Waals surface area contributed by atoms with Gasteiger partial charge in [0.1, 0.15) is 5.75 Å². The van der Waals surface area contributed by atoms with Crippen molar-refractivity contribution in [1.82, 2.24) is 10.2 Å². The van der Waals surface area contributed by atoms with E-state index in [-0.39, 0.29) is 5.91 Å². The Hall–Kier alpha value is -1.26. The first-order chi connectivity index (χ1) is 9.61. The SMILES string of the molecule is CN[C@@H]1CCCN(C(=O)[C@@H](C)Oc2ccccc2Cl)C1. The van der Waals surface area contributed by atoms with Crippen molar-refractivity contribution in [2.24, 2.45) is 0 Å². The topological polar surface area (TPSA) is 41.6 Å². The van der Waals surface area contributed by atoms with Crippen molar-refractivity contribution in [1.29, 1.82) is 0 Å². The Morgan fingerprint density at radius 3 is 2.95 bits per heavy atom. The molecular formula is C15H21ClN2O2. The van der Waals surface area contributed by atoms with Crippen LogP contribution in [0.1, 0.15) is 19.8 Å². The number of hydrogen-bond acceptors (Lipinski definition) is 3. The van der Waals surface area contributed by atoms with E-state index in [0.717, 1.165) is 25.9 Å². The minimum Gasteiger partial charge on any atom is -0.479 e. The first-order valence-electron chi connectivity index (χ1n) is 6.99. The van der Waals surface area contributed by atoms with Gasteiger partial charge in [0.15, 0.2) is 6.10 Å². The lowest BCUT2D eigenvalue weighted by Crippen LogP contribution is -2.50. The summed E-state index contributed by atoms with van der Waals surface area (Å²) in [5.41, 5.74) is 0. The van der Waals surface area contributed by atoms with Crippen molar-refractivity contribution in [3.05, 3.63) is 29.3 Å². The number of likely N-dealkylation sites (N-methyl/N-ethyl adjacent to an activating group) is 1. The van der Waals surface area contributed by atoms with E-state index in [4.69, 9.17) is 16.3 Å². The average molecular weight is 297 g/mol. The molecule has 1 heterocycles. The molecule has 110 valence electrons. The van der Waals surface area contributed by atoms with Crippen LogP contribution >= 0.6 is 11.6 Å². The summed E-state index contributed by atoms with van der Waals surface area (Å²) in [6, 6.07) is 7.59. The fraction of sp³-hybridized carbons (Fsp3) is 0.533. The smallest absolute Gasteiger partial charge is 0.263 e. The second kappa shape index (κ2) is 6.95. The maximum atomic E-state index is 12.4. The van der Waals surface area contributed by atoms with Crippen LogP contribution in [0.15, 0.2) is 24.3 Å². The summed E-state index contributed by atoms with van der Waals surface area (Å²) in [5, 5.41) is 3.76. The minimum absolute atomic E-state index is 0.0184. The predicted molar refractivity (Wildman–Crippen MR) is 80.2 cm³/mol. The van der Waals surface area contributed by atoms with E-state index in [1.54, 1.807) is 19.1 Å². The fourth-order valence-corrected chi connectivity index (χ4v) is 2.63. The van der Waals surface area contributed by atoms with E-state index in [9.17, 15) is 4.79 Å². The normalized spacial score (nSPS) is 20.6. The molecular weight excluding hydrogens is 276 g/mol. The molecule has 1 aliphatic heterocycles. The molecule has 1 N–H and O–H groups in total. The number of ether oxygens (including phenoxy) is 1. The van der Waals surface area contributed by atoms with Crippen LogP contribution in [-0.4, -0.2) is 43.1 Å². The molecule has 4 nitrogen and oxygen atoms in total. The van der Waals surface area contributed by atoms with Crippen LogP contribution in [0.4, 0.5) is 0 Å². The summed E-state index contributed by atoms with van der Waals surface area (Å²) < 4.78 is 5.69. The van der Waals surface area contributed by atoms with Crippen molar-refractivity contribution in [2.75, 3.05) is 20.1 Å². The van der Waals surface area contributed by atoms with Crippen molar-refractivity contribution in [2.45, 2.75) is 31.9 Å². The second-order valence-corrected chi connectivity index (χ2v) is 5.51. The highest BCUT2D eigenvalue weighted by atomic mass is 35.5. The summed E-state index contributed by atoms with van der Waals surface area (Å²) in [6.45, 7) is 3.31. The summed E-state index contributed by atoms with van der Waals surface area (Å²) in [6.07, 6.45) is 1.61. The van der Waals surface area contributed by atoms with Gasteiger partial charge in [-0.1, -0.05) is 23.7 Å². The molecule has 1 aliphatic rings. The highest BCUT2D eigenvalue weighted by Gasteiger charge is 2.27. The van der Waals surface area contributed by atoms with Gasteiger partial charge in [-0.25, -0.2) is 0 Å². The van der Waals surface area contributed by atoms with Crippen LogP contribution < -0.4 is 10.1 Å². The predicted octanol–water partition coefficient (Wildman–Crippen LogP) is 2.32. The standard InChI is InChI=1S/C15H21ClN2O2/c1-11(20-14-8-4-3-7-13(14)16)15(19)18-9-5-6-12(10-18)17-2/h3-4,7-8,11-12,17H,5-6,9-10H2,1-2H3/t11-,12-/m1/s1. The van der Waals surface area contributed by atoms with Crippen LogP contribution in [0.25, 0.3) is 0 Å². The molecule has 0 aromatic heterocycles. The number of nitrogens with zero attached hydrogens (tertiary/aromatic N) is 1. The van der Waals surface area contributed by atoms with E-state index in [2.05, 4.69) is 5.32 Å². The Morgan fingerprint density at radius 2 is 2.25 bits per heavy atom. The monoisotopic (exact) mass is 296 g/mol. The quantitative estimate of drug-likeness (QED) is 0.927. The number of hydrogen-bond donors (Lipinski definition) is 1. The van der Waals surface area contributed by atoms with Gasteiger partial charge < -0.3 is 15.0 Å². The molecule has 1 aromatic rings. The average Bonchev–Trinajstić information content (AvgIpc) is 2.48. The van der Waals surface area contributed by atoms with E-state index < -0.39 is 6.10 Å². The molecule has 0 bridgehead atoms. The number of rotatable bonds is 4. The van der Waals surface area contributed by atoms with Crippen LogP contribution in [-0.2, 0) is 4.79 Å². The van der Waals surface area contributed by atoms with E-state index in [1.165, 1.54) is 0 Å². The van der Waals surface area contributed by atoms with Crippen molar-refractivity contribution in [3.63, 3.8) is 0 Å². The summed E-state index contributed by atoms with van der Waals surface area (Å²) >= 11 is 6.04. The number of halogens is 1. The maximum Gasteiger partial charge on any atom is 0.263 e. The van der Waals surface area contributed by atoms with Crippen molar-refractivity contribution < 1.29 is 9.53 Å². The highest BCUT2D eigenvalue weighted by Crippen LogP contribution is 2.24. The molecule has 1 aromatic carbocycles. The number of para-hydroxylation sites is 1. The molecule has 0 unspecified atom stereocenters. The third-order valence-electron chi connectivity index (χ3n) is 3.63. The minimum atomic E-state index is -0.523. The Morgan fingerprint density at radius 1 is 1.50 bits per heavy atom. The fourth-order valence-electron chi connectivity index (χ4n) is 2.45. The number of likely N-dealkylation sites (tertiary alicyclic amines) is 1. The van der Waals surface area contributed by atoms with E-state index >= 15 is 0 Å². The van der Waals surface area contributed by atoms with Crippen LogP contribution in [0.2, 0.25) is 5.02 Å². The number of benzene rings is 1. The van der Waals surface area contributed by atoms with Crippen LogP contribution in [0, 0.1) is 0 Å². The largest absolute Gasteiger partial charge is 0.479 e. The summed E-state index contributed by atoms with van der Waals surface area (Å²) in [5.74, 6) is 0.571. The van der Waals surface area contributed by atoms with Gasteiger partial charge in [-0.05, 0) is 38.9 Å². The molecule has 0 radical (unpaired) electrons. The van der Waals surface area contributed by atoms with E-state index in [0.29, 0.717) is 16.8 Å². The zero-order valence-electron chi connectivity index (χ0n) is 11.9. The van der Waals surface area contributed by atoms with E-state index in [1.807, 2.05) is 24.1 Å². The van der Waals surface area contributed by atoms with Crippen LogP contribution in [0.3, 0.4) is 0 Å². The lowest BCUT2D eigenvalue weighted by Gasteiger charge is -2.34. The Balaban J connectivity index is 1.96. The van der Waals surface area contributed by atoms with Gasteiger partial charge in [0.25, 0.3) is 5.91 Å². The molecule has 0 aliphatic carbocycles. The molecule has 1 fully saturated rings. The van der Waals surface area contributed by atoms with Gasteiger partial charge in [-0.15, -0.1) is 0 Å². The van der Waals surface area contributed by atoms with Gasteiger partial charge >= 0.3 is 0 Å². The van der Waals surface area contributed by atoms with Crippen molar-refractivity contribution >= 4 is 17.5 Å². The molecule has 1 amide bonds. The third-order valence-corrected chi connectivity index (χ3v) is 3.94. The third kappa shape index (κ3) is 3.64.